The number of unbranched alkanes of at least 4 members (excludes halogenated alkanes) is 4. The van der Waals surface area contributed by atoms with Crippen LogP contribution in [0.2, 0.25) is 0 Å². The minimum absolute atomic E-state index is 0.0157. The molecule has 1 N–H and O–H groups in total. The average molecular weight is 466 g/mol. The van der Waals surface area contributed by atoms with Crippen molar-refractivity contribution < 1.29 is 9.53 Å². The third-order valence-electron chi connectivity index (χ3n) is 5.60. The van der Waals surface area contributed by atoms with Crippen molar-refractivity contribution in [2.75, 3.05) is 6.61 Å². The lowest BCUT2D eigenvalue weighted by atomic mass is 10.0. The second-order valence-electron chi connectivity index (χ2n) is 8.68. The van der Waals surface area contributed by atoms with Crippen molar-refractivity contribution in [3.05, 3.63) is 65.2 Å². The molecular weight excluding hydrogens is 430 g/mol. The molecule has 1 fully saturated rings. The number of carbonyl (C=O) groups excluding carboxylic acids is 1. The highest BCUT2D eigenvalue weighted by Gasteiger charge is 2.30. The maximum absolute atomic E-state index is 12.3. The van der Waals surface area contributed by atoms with Crippen molar-refractivity contribution in [3.8, 4) is 5.75 Å². The number of carbonyl (C=O) groups is 1. The van der Waals surface area contributed by atoms with Crippen molar-refractivity contribution in [1.82, 2.24) is 5.32 Å². The van der Waals surface area contributed by atoms with Crippen molar-refractivity contribution in [1.29, 1.82) is 0 Å². The Morgan fingerprint density at radius 3 is 2.45 bits per heavy atom. The zero-order chi connectivity index (χ0) is 23.5. The van der Waals surface area contributed by atoms with Gasteiger partial charge in [0.15, 0.2) is 5.17 Å². The Balaban J connectivity index is 1.44. The highest BCUT2D eigenvalue weighted by Crippen LogP contribution is 2.24. The maximum Gasteiger partial charge on any atom is 0.239 e. The van der Waals surface area contributed by atoms with E-state index in [1.807, 2.05) is 24.3 Å². The molecule has 1 atom stereocenters. The first-order chi connectivity index (χ1) is 16.0. The number of hydrogen-bond donors (Lipinski definition) is 1. The first-order valence-corrected chi connectivity index (χ1v) is 12.8. The van der Waals surface area contributed by atoms with E-state index >= 15 is 0 Å². The number of hydrogen-bond acceptors (Lipinski definition) is 5. The highest BCUT2D eigenvalue weighted by atomic mass is 32.2. The zero-order valence-corrected chi connectivity index (χ0v) is 20.7. The number of nitrogens with zero attached hydrogens (tertiary/aromatic N) is 2. The Morgan fingerprint density at radius 2 is 1.76 bits per heavy atom. The normalized spacial score (nSPS) is 17.3. The number of thioether (sulfide) groups is 1. The molecule has 2 aromatic carbocycles. The van der Waals surface area contributed by atoms with Crippen LogP contribution in [0, 0.1) is 0 Å². The van der Waals surface area contributed by atoms with Crippen LogP contribution >= 0.6 is 11.8 Å². The van der Waals surface area contributed by atoms with E-state index in [2.05, 4.69) is 60.6 Å². The van der Waals surface area contributed by atoms with E-state index in [9.17, 15) is 4.79 Å². The number of ether oxygens (including phenoxy) is 1. The summed E-state index contributed by atoms with van der Waals surface area (Å²) in [6.45, 7) is 7.33. The summed E-state index contributed by atoms with van der Waals surface area (Å²) < 4.78 is 5.79. The summed E-state index contributed by atoms with van der Waals surface area (Å²) in [5, 5.41) is 11.5. The molecule has 0 spiro atoms. The second-order valence-corrected chi connectivity index (χ2v) is 9.87. The molecule has 1 aliphatic heterocycles. The summed E-state index contributed by atoms with van der Waals surface area (Å²) in [6, 6.07) is 16.3. The molecule has 0 saturated carbocycles. The molecule has 3 rings (SSSR count). The van der Waals surface area contributed by atoms with Gasteiger partial charge < -0.3 is 10.1 Å². The third-order valence-corrected chi connectivity index (χ3v) is 6.67. The van der Waals surface area contributed by atoms with Gasteiger partial charge in [0, 0.05) is 0 Å². The maximum atomic E-state index is 12.3. The summed E-state index contributed by atoms with van der Waals surface area (Å²) in [5.74, 6) is 1.36. The monoisotopic (exact) mass is 465 g/mol. The van der Waals surface area contributed by atoms with Crippen molar-refractivity contribution in [2.45, 2.75) is 70.5 Å². The molecule has 176 valence electrons. The Labute approximate surface area is 202 Å². The van der Waals surface area contributed by atoms with Gasteiger partial charge in [0.1, 0.15) is 5.75 Å². The van der Waals surface area contributed by atoms with Crippen LogP contribution in [0.25, 0.3) is 0 Å². The van der Waals surface area contributed by atoms with Crippen LogP contribution in [-0.4, -0.2) is 29.1 Å². The van der Waals surface area contributed by atoms with E-state index in [0.717, 1.165) is 29.9 Å². The van der Waals surface area contributed by atoms with Crippen LogP contribution < -0.4 is 10.1 Å². The minimum Gasteiger partial charge on any atom is -0.494 e. The van der Waals surface area contributed by atoms with Gasteiger partial charge in [-0.15, -0.1) is 5.10 Å². The molecule has 0 bridgehead atoms. The lowest BCUT2D eigenvalue weighted by Crippen LogP contribution is -2.25. The van der Waals surface area contributed by atoms with E-state index in [0.29, 0.717) is 17.5 Å². The van der Waals surface area contributed by atoms with Crippen molar-refractivity contribution >= 4 is 29.1 Å². The fourth-order valence-corrected chi connectivity index (χ4v) is 4.50. The van der Waals surface area contributed by atoms with E-state index < -0.39 is 0 Å². The SMILES string of the molecule is CCCCCCCOc1ccc(/C=N\N=C2\NC(=O)[C@@H](Cc3ccc(C(C)C)cc3)S2)cc1. The van der Waals surface area contributed by atoms with Gasteiger partial charge in [-0.3, -0.25) is 4.79 Å². The van der Waals surface area contributed by atoms with E-state index in [1.165, 1.54) is 43.0 Å². The van der Waals surface area contributed by atoms with Crippen LogP contribution in [0.5, 0.6) is 5.75 Å². The lowest BCUT2D eigenvalue weighted by molar-refractivity contribution is -0.118. The minimum atomic E-state index is -0.178. The fourth-order valence-electron chi connectivity index (χ4n) is 3.53. The first-order valence-electron chi connectivity index (χ1n) is 12.0. The Kier molecular flexibility index (Phi) is 10.0. The fraction of sp³-hybridized carbons (Fsp3) is 0.444. The first kappa shape index (κ1) is 25.0. The van der Waals surface area contributed by atoms with Crippen LogP contribution in [0.3, 0.4) is 0 Å². The molecule has 1 heterocycles. The standard InChI is InChI=1S/C27H35N3O2S/c1-4-5-6-7-8-17-32-24-15-11-22(12-16-24)19-28-30-27-29-26(31)25(33-27)18-21-9-13-23(14-10-21)20(2)3/h9-16,19-20,25H,4-8,17-18H2,1-3H3,(H,29,30,31)/b28-19-/t25-/m1/s1. The van der Waals surface area contributed by atoms with Gasteiger partial charge in [0.2, 0.25) is 5.91 Å². The lowest BCUT2D eigenvalue weighted by Gasteiger charge is -2.08. The highest BCUT2D eigenvalue weighted by molar-refractivity contribution is 8.15. The molecule has 0 aromatic heterocycles. The third kappa shape index (κ3) is 8.35. The predicted octanol–water partition coefficient (Wildman–Crippen LogP) is 6.32. The van der Waals surface area contributed by atoms with Gasteiger partial charge in [-0.25, -0.2) is 0 Å². The summed E-state index contributed by atoms with van der Waals surface area (Å²) in [6.07, 6.45) is 8.51. The van der Waals surface area contributed by atoms with Crippen LogP contribution in [0.4, 0.5) is 0 Å². The molecule has 0 unspecified atom stereocenters. The number of amidine groups is 1. The van der Waals surface area contributed by atoms with Crippen LogP contribution in [0.15, 0.2) is 58.7 Å². The molecule has 0 radical (unpaired) electrons. The molecule has 2 aromatic rings. The molecule has 33 heavy (non-hydrogen) atoms. The largest absolute Gasteiger partial charge is 0.494 e. The Hall–Kier alpha value is -2.60. The Morgan fingerprint density at radius 1 is 1.03 bits per heavy atom. The van der Waals surface area contributed by atoms with Gasteiger partial charge in [-0.05, 0) is 59.7 Å². The summed E-state index contributed by atoms with van der Waals surface area (Å²) >= 11 is 1.43. The topological polar surface area (TPSA) is 63.1 Å². The molecule has 0 aliphatic carbocycles. The van der Waals surface area contributed by atoms with Gasteiger partial charge in [-0.1, -0.05) is 82.5 Å². The van der Waals surface area contributed by atoms with Crippen molar-refractivity contribution in [2.24, 2.45) is 10.2 Å². The summed E-state index contributed by atoms with van der Waals surface area (Å²) in [7, 11) is 0. The number of nitrogens with one attached hydrogen (secondary N) is 1. The summed E-state index contributed by atoms with van der Waals surface area (Å²) in [4.78, 5) is 12.3. The number of benzene rings is 2. The smallest absolute Gasteiger partial charge is 0.239 e. The quantitative estimate of drug-likeness (QED) is 0.226. The van der Waals surface area contributed by atoms with Crippen LogP contribution in [0.1, 0.15) is 75.5 Å². The number of rotatable bonds is 12. The predicted molar refractivity (Wildman–Crippen MR) is 139 cm³/mol. The van der Waals surface area contributed by atoms with Gasteiger partial charge in [-0.2, -0.15) is 5.10 Å². The zero-order valence-electron chi connectivity index (χ0n) is 19.9. The second kappa shape index (κ2) is 13.2. The van der Waals surface area contributed by atoms with E-state index in [-0.39, 0.29) is 11.2 Å². The molecule has 1 aliphatic rings. The molecular formula is C27H35N3O2S. The summed E-state index contributed by atoms with van der Waals surface area (Å²) in [5.41, 5.74) is 3.40. The average Bonchev–Trinajstić information content (AvgIpc) is 3.16. The molecule has 1 saturated heterocycles. The molecule has 5 nitrogen and oxygen atoms in total. The molecule has 6 heteroatoms. The molecule has 1 amide bonds. The van der Waals surface area contributed by atoms with Gasteiger partial charge >= 0.3 is 0 Å². The Bertz CT molecular complexity index is 937. The van der Waals surface area contributed by atoms with Gasteiger partial charge in [0.25, 0.3) is 0 Å². The van der Waals surface area contributed by atoms with Crippen molar-refractivity contribution in [3.63, 3.8) is 0 Å². The van der Waals surface area contributed by atoms with E-state index in [4.69, 9.17) is 4.74 Å². The van der Waals surface area contributed by atoms with Crippen LogP contribution in [-0.2, 0) is 11.2 Å². The van der Waals surface area contributed by atoms with E-state index in [1.54, 1.807) is 6.21 Å². The number of amides is 1. The van der Waals surface area contributed by atoms with Gasteiger partial charge in [0.05, 0.1) is 18.1 Å².